The second kappa shape index (κ2) is 7.03. The van der Waals surface area contributed by atoms with Gasteiger partial charge in [0.25, 0.3) is 5.56 Å². The van der Waals surface area contributed by atoms with E-state index in [1.54, 1.807) is 18.2 Å². The number of halogens is 1. The zero-order chi connectivity index (χ0) is 20.1. The highest BCUT2D eigenvalue weighted by atomic mass is 35.5. The van der Waals surface area contributed by atoms with E-state index in [-0.39, 0.29) is 23.0 Å². The lowest BCUT2D eigenvalue weighted by molar-refractivity contribution is 0.397. The number of nitrogens with one attached hydrogen (secondary N) is 1. The third-order valence-corrected chi connectivity index (χ3v) is 7.24. The van der Waals surface area contributed by atoms with Crippen LogP contribution in [0.4, 0.5) is 0 Å². The van der Waals surface area contributed by atoms with Gasteiger partial charge in [-0.2, -0.15) is 4.31 Å². The number of aryl methyl sites for hydroxylation is 2. The van der Waals surface area contributed by atoms with Crippen LogP contribution in [0.2, 0.25) is 5.02 Å². The van der Waals surface area contributed by atoms with Gasteiger partial charge in [0, 0.05) is 23.2 Å². The van der Waals surface area contributed by atoms with Gasteiger partial charge in [-0.15, -0.1) is 0 Å². The van der Waals surface area contributed by atoms with Gasteiger partial charge >= 0.3 is 0 Å². The summed E-state index contributed by atoms with van der Waals surface area (Å²) in [5, 5.41) is 1.39. The lowest BCUT2D eigenvalue weighted by atomic mass is 10.1. The first-order chi connectivity index (χ1) is 13.3. The monoisotopic (exact) mass is 416 g/mol. The highest BCUT2D eigenvalue weighted by molar-refractivity contribution is 7.89. The van der Waals surface area contributed by atoms with E-state index in [1.165, 1.54) is 16.4 Å². The van der Waals surface area contributed by atoms with Crippen LogP contribution in [-0.2, 0) is 16.6 Å². The normalized spacial score (nSPS) is 14.7. The van der Waals surface area contributed by atoms with Crippen molar-refractivity contribution in [2.45, 2.75) is 44.2 Å². The number of benzene rings is 2. The molecule has 0 spiro atoms. The average Bonchev–Trinajstić information content (AvgIpc) is 3.45. The predicted octanol–water partition coefficient (Wildman–Crippen LogP) is 4.15. The molecule has 1 aliphatic carbocycles. The first-order valence-corrected chi connectivity index (χ1v) is 11.0. The van der Waals surface area contributed by atoms with Gasteiger partial charge in [0.05, 0.1) is 10.4 Å². The van der Waals surface area contributed by atoms with Crippen molar-refractivity contribution in [3.8, 4) is 0 Å². The Bertz CT molecular complexity index is 1210. The molecular formula is C21H21ClN2O3S. The van der Waals surface area contributed by atoms with Crippen LogP contribution in [0, 0.1) is 13.8 Å². The van der Waals surface area contributed by atoms with Gasteiger partial charge in [-0.3, -0.25) is 4.79 Å². The minimum Gasteiger partial charge on any atom is -0.321 e. The number of aromatic amines is 1. The second-order valence-corrected chi connectivity index (χ2v) is 9.73. The molecule has 0 aliphatic heterocycles. The Balaban J connectivity index is 1.76. The molecule has 3 aromatic rings. The molecule has 0 bridgehead atoms. The van der Waals surface area contributed by atoms with Crippen molar-refractivity contribution in [2.24, 2.45) is 0 Å². The van der Waals surface area contributed by atoms with Crippen molar-refractivity contribution in [3.05, 3.63) is 74.5 Å². The Kier molecular flexibility index (Phi) is 4.81. The number of pyridine rings is 1. The molecule has 1 aliphatic rings. The number of aromatic nitrogens is 1. The van der Waals surface area contributed by atoms with Gasteiger partial charge in [0.1, 0.15) is 0 Å². The molecule has 0 amide bonds. The van der Waals surface area contributed by atoms with Crippen LogP contribution in [0.15, 0.2) is 52.2 Å². The molecule has 0 unspecified atom stereocenters. The zero-order valence-corrected chi connectivity index (χ0v) is 17.3. The molecule has 1 saturated carbocycles. The Hall–Kier alpha value is -2.15. The van der Waals surface area contributed by atoms with E-state index in [1.807, 2.05) is 26.0 Å². The lowest BCUT2D eigenvalue weighted by Crippen LogP contribution is -2.34. The van der Waals surface area contributed by atoms with Gasteiger partial charge in [-0.05, 0) is 74.0 Å². The van der Waals surface area contributed by atoms with Gasteiger partial charge in [0.15, 0.2) is 0 Å². The maximum absolute atomic E-state index is 13.2. The van der Waals surface area contributed by atoms with E-state index < -0.39 is 10.0 Å². The Morgan fingerprint density at radius 3 is 2.43 bits per heavy atom. The van der Waals surface area contributed by atoms with Gasteiger partial charge in [0.2, 0.25) is 10.0 Å². The highest BCUT2D eigenvalue weighted by Gasteiger charge is 2.38. The fourth-order valence-electron chi connectivity index (χ4n) is 3.53. The topological polar surface area (TPSA) is 70.2 Å². The maximum atomic E-state index is 13.2. The summed E-state index contributed by atoms with van der Waals surface area (Å²) in [6.45, 7) is 4.00. The number of rotatable bonds is 5. The third kappa shape index (κ3) is 3.60. The number of hydrogen-bond donors (Lipinski definition) is 1. The van der Waals surface area contributed by atoms with Crippen molar-refractivity contribution in [1.82, 2.24) is 9.29 Å². The molecule has 146 valence electrons. The summed E-state index contributed by atoms with van der Waals surface area (Å²) >= 11 is 5.89. The van der Waals surface area contributed by atoms with E-state index in [0.717, 1.165) is 34.9 Å². The number of sulfonamides is 1. The molecular weight excluding hydrogens is 396 g/mol. The second-order valence-electron chi connectivity index (χ2n) is 7.41. The van der Waals surface area contributed by atoms with Crippen LogP contribution >= 0.6 is 11.6 Å². The first-order valence-electron chi connectivity index (χ1n) is 9.16. The van der Waals surface area contributed by atoms with Crippen LogP contribution < -0.4 is 5.56 Å². The summed E-state index contributed by atoms with van der Waals surface area (Å²) in [6, 6.07) is 11.9. The van der Waals surface area contributed by atoms with Crippen LogP contribution in [0.1, 0.15) is 29.5 Å². The first kappa shape index (κ1) is 19.2. The predicted molar refractivity (Wildman–Crippen MR) is 111 cm³/mol. The van der Waals surface area contributed by atoms with Crippen LogP contribution in [-0.4, -0.2) is 23.7 Å². The number of fused-ring (bicyclic) bond motifs is 1. The summed E-state index contributed by atoms with van der Waals surface area (Å²) in [6.07, 6.45) is 1.60. The van der Waals surface area contributed by atoms with Crippen LogP contribution in [0.3, 0.4) is 0 Å². The lowest BCUT2D eigenvalue weighted by Gasteiger charge is -2.22. The fraction of sp³-hybridized carbons (Fsp3) is 0.286. The summed E-state index contributed by atoms with van der Waals surface area (Å²) < 4.78 is 27.8. The van der Waals surface area contributed by atoms with E-state index in [2.05, 4.69) is 4.98 Å². The SMILES string of the molecule is Cc1cc(C)c2[nH]c(=O)c(CN(C3CC3)S(=O)(=O)c3ccc(Cl)cc3)cc2c1. The van der Waals surface area contributed by atoms with E-state index in [9.17, 15) is 13.2 Å². The summed E-state index contributed by atoms with van der Waals surface area (Å²) in [5.41, 5.74) is 3.07. The number of nitrogens with zero attached hydrogens (tertiary/aromatic N) is 1. The fourth-order valence-corrected chi connectivity index (χ4v) is 5.32. The number of H-pyrrole nitrogens is 1. The molecule has 28 heavy (non-hydrogen) atoms. The molecule has 0 atom stereocenters. The molecule has 4 rings (SSSR count). The third-order valence-electron chi connectivity index (χ3n) is 5.07. The smallest absolute Gasteiger partial charge is 0.252 e. The van der Waals surface area contributed by atoms with Crippen molar-refractivity contribution < 1.29 is 8.42 Å². The van der Waals surface area contributed by atoms with Crippen LogP contribution in [0.5, 0.6) is 0 Å². The van der Waals surface area contributed by atoms with Crippen molar-refractivity contribution in [1.29, 1.82) is 0 Å². The Morgan fingerprint density at radius 1 is 1.11 bits per heavy atom. The molecule has 1 aromatic heterocycles. The van der Waals surface area contributed by atoms with E-state index in [4.69, 9.17) is 11.6 Å². The largest absolute Gasteiger partial charge is 0.321 e. The molecule has 0 radical (unpaired) electrons. The average molecular weight is 417 g/mol. The van der Waals surface area contributed by atoms with Gasteiger partial charge < -0.3 is 4.98 Å². The minimum absolute atomic E-state index is 0.0495. The van der Waals surface area contributed by atoms with Crippen molar-refractivity contribution in [2.75, 3.05) is 0 Å². The standard InChI is InChI=1S/C21H21ClN2O3S/c1-13-9-14(2)20-15(10-13)11-16(21(25)23-20)12-24(18-5-6-18)28(26,27)19-7-3-17(22)4-8-19/h3-4,7-11,18H,5-6,12H2,1-2H3,(H,23,25). The zero-order valence-electron chi connectivity index (χ0n) is 15.7. The Labute approximate surface area is 169 Å². The molecule has 1 N–H and O–H groups in total. The molecule has 7 heteroatoms. The summed E-state index contributed by atoms with van der Waals surface area (Å²) in [7, 11) is -3.72. The van der Waals surface area contributed by atoms with Gasteiger partial charge in [-0.1, -0.05) is 23.2 Å². The molecule has 5 nitrogen and oxygen atoms in total. The van der Waals surface area contributed by atoms with Gasteiger partial charge in [-0.25, -0.2) is 8.42 Å². The van der Waals surface area contributed by atoms with Crippen molar-refractivity contribution in [3.63, 3.8) is 0 Å². The molecule has 0 saturated heterocycles. The van der Waals surface area contributed by atoms with E-state index in [0.29, 0.717) is 10.6 Å². The Morgan fingerprint density at radius 2 is 1.79 bits per heavy atom. The molecule has 1 fully saturated rings. The number of hydrogen-bond acceptors (Lipinski definition) is 3. The molecule has 1 heterocycles. The molecule has 2 aromatic carbocycles. The summed E-state index contributed by atoms with van der Waals surface area (Å²) in [5.74, 6) is 0. The van der Waals surface area contributed by atoms with Crippen LogP contribution in [0.25, 0.3) is 10.9 Å². The minimum atomic E-state index is -3.72. The maximum Gasteiger partial charge on any atom is 0.252 e. The van der Waals surface area contributed by atoms with Crippen molar-refractivity contribution >= 4 is 32.5 Å². The quantitative estimate of drug-likeness (QED) is 0.679. The van der Waals surface area contributed by atoms with E-state index >= 15 is 0 Å². The summed E-state index contributed by atoms with van der Waals surface area (Å²) in [4.78, 5) is 15.8. The highest BCUT2D eigenvalue weighted by Crippen LogP contribution is 2.33.